The fourth-order valence-electron chi connectivity index (χ4n) is 5.24. The molecule has 1 fully saturated rings. The van der Waals surface area contributed by atoms with E-state index in [1.165, 1.54) is 5.56 Å². The molecule has 4 heteroatoms. The lowest BCUT2D eigenvalue weighted by Crippen LogP contribution is -2.44. The van der Waals surface area contributed by atoms with Crippen LogP contribution in [-0.2, 0) is 14.9 Å². The molecule has 0 heterocycles. The van der Waals surface area contributed by atoms with E-state index in [2.05, 4.69) is 72.3 Å². The van der Waals surface area contributed by atoms with Gasteiger partial charge in [-0.25, -0.2) is 4.79 Å². The van der Waals surface area contributed by atoms with Crippen LogP contribution < -0.4 is 5.32 Å². The van der Waals surface area contributed by atoms with E-state index in [0.29, 0.717) is 5.92 Å². The van der Waals surface area contributed by atoms with Gasteiger partial charge in [0, 0.05) is 16.1 Å². The van der Waals surface area contributed by atoms with Gasteiger partial charge in [-0.2, -0.15) is 0 Å². The molecular weight excluding hydrogens is 486 g/mol. The molecule has 0 amide bonds. The second-order valence-corrected chi connectivity index (χ2v) is 10.9. The Hall–Kier alpha value is -2.59. The van der Waals surface area contributed by atoms with E-state index in [4.69, 9.17) is 4.74 Å². The van der Waals surface area contributed by atoms with Crippen LogP contribution in [0.5, 0.6) is 0 Å². The number of rotatable bonds is 7. The first-order valence-corrected chi connectivity index (χ1v) is 13.0. The number of halogens is 1. The van der Waals surface area contributed by atoms with Gasteiger partial charge in [0.05, 0.1) is 0 Å². The maximum atomic E-state index is 13.7. The molecule has 3 nitrogen and oxygen atoms in total. The highest BCUT2D eigenvalue weighted by atomic mass is 79.9. The van der Waals surface area contributed by atoms with Crippen LogP contribution in [0.3, 0.4) is 0 Å². The summed E-state index contributed by atoms with van der Waals surface area (Å²) >= 11 is 3.60. The molecule has 1 aliphatic rings. The fourth-order valence-corrected chi connectivity index (χ4v) is 5.64. The Morgan fingerprint density at radius 2 is 1.56 bits per heavy atom. The number of benzene rings is 3. The lowest BCUT2D eigenvalue weighted by molar-refractivity contribution is -0.157. The third-order valence-corrected chi connectivity index (χ3v) is 8.00. The minimum atomic E-state index is -0.586. The Kier molecular flexibility index (Phi) is 7.77. The Morgan fingerprint density at radius 3 is 2.24 bits per heavy atom. The predicted octanol–water partition coefficient (Wildman–Crippen LogP) is 7.93. The van der Waals surface area contributed by atoms with E-state index >= 15 is 0 Å². The Morgan fingerprint density at radius 1 is 0.941 bits per heavy atom. The zero-order valence-electron chi connectivity index (χ0n) is 20.2. The molecule has 3 aromatic carbocycles. The van der Waals surface area contributed by atoms with Crippen molar-refractivity contribution in [2.75, 3.05) is 5.32 Å². The molecule has 0 saturated heterocycles. The summed E-state index contributed by atoms with van der Waals surface area (Å²) in [5.74, 6) is 0.567. The lowest BCUT2D eigenvalue weighted by atomic mass is 9.64. The van der Waals surface area contributed by atoms with Crippen molar-refractivity contribution in [2.24, 2.45) is 11.8 Å². The van der Waals surface area contributed by atoms with Gasteiger partial charge in [-0.05, 0) is 63.4 Å². The maximum Gasteiger partial charge on any atom is 0.333 e. The van der Waals surface area contributed by atoms with Crippen molar-refractivity contribution in [1.29, 1.82) is 0 Å². The maximum absolute atomic E-state index is 13.7. The van der Waals surface area contributed by atoms with Gasteiger partial charge < -0.3 is 10.1 Å². The average molecular weight is 521 g/mol. The van der Waals surface area contributed by atoms with Gasteiger partial charge >= 0.3 is 5.97 Å². The molecule has 4 atom stereocenters. The third kappa shape index (κ3) is 5.55. The van der Waals surface area contributed by atoms with Gasteiger partial charge in [0.2, 0.25) is 0 Å². The minimum absolute atomic E-state index is 0.0928. The summed E-state index contributed by atoms with van der Waals surface area (Å²) < 4.78 is 7.31. The molecule has 1 N–H and O–H groups in total. The first kappa shape index (κ1) is 24.5. The molecule has 0 spiro atoms. The van der Waals surface area contributed by atoms with Crippen molar-refractivity contribution in [3.05, 3.63) is 101 Å². The average Bonchev–Trinajstić information content (AvgIpc) is 2.84. The number of anilines is 1. The van der Waals surface area contributed by atoms with Gasteiger partial charge in [-0.3, -0.25) is 0 Å². The number of hydrogen-bond acceptors (Lipinski definition) is 3. The number of carbonyl (C=O) groups is 1. The molecule has 0 aromatic heterocycles. The van der Waals surface area contributed by atoms with Crippen molar-refractivity contribution >= 4 is 27.6 Å². The van der Waals surface area contributed by atoms with Gasteiger partial charge in [-0.1, -0.05) is 100.0 Å². The van der Waals surface area contributed by atoms with Gasteiger partial charge in [0.15, 0.2) is 6.04 Å². The zero-order chi connectivity index (χ0) is 24.1. The number of para-hydroxylation sites is 1. The van der Waals surface area contributed by atoms with Gasteiger partial charge in [-0.15, -0.1) is 0 Å². The Bertz CT molecular complexity index is 1080. The van der Waals surface area contributed by atoms with Crippen molar-refractivity contribution in [3.8, 4) is 0 Å². The van der Waals surface area contributed by atoms with Crippen molar-refractivity contribution in [3.63, 3.8) is 0 Å². The monoisotopic (exact) mass is 519 g/mol. The van der Waals surface area contributed by atoms with E-state index in [0.717, 1.165) is 35.0 Å². The number of hydrogen-bond donors (Lipinski definition) is 1. The first-order valence-electron chi connectivity index (χ1n) is 12.2. The topological polar surface area (TPSA) is 38.3 Å². The Balaban J connectivity index is 1.61. The zero-order valence-corrected chi connectivity index (χ0v) is 21.8. The van der Waals surface area contributed by atoms with Crippen molar-refractivity contribution in [1.82, 2.24) is 0 Å². The summed E-state index contributed by atoms with van der Waals surface area (Å²) in [5, 5.41) is 3.43. The minimum Gasteiger partial charge on any atom is -0.460 e. The molecule has 3 aromatic rings. The predicted molar refractivity (Wildman–Crippen MR) is 143 cm³/mol. The highest BCUT2D eigenvalue weighted by Gasteiger charge is 2.42. The summed E-state index contributed by atoms with van der Waals surface area (Å²) in [6.45, 7) is 6.84. The largest absolute Gasteiger partial charge is 0.460 e. The van der Waals surface area contributed by atoms with Gasteiger partial charge in [0.25, 0.3) is 0 Å². The molecule has 0 unspecified atom stereocenters. The number of esters is 1. The second-order valence-electron chi connectivity index (χ2n) is 10.1. The molecule has 0 bridgehead atoms. The summed E-state index contributed by atoms with van der Waals surface area (Å²) in [5.41, 5.74) is 2.96. The normalized spacial score (nSPS) is 21.5. The number of carbonyl (C=O) groups excluding carboxylic acids is 1. The van der Waals surface area contributed by atoms with Crippen LogP contribution in [0, 0.1) is 11.8 Å². The molecule has 178 valence electrons. The van der Waals surface area contributed by atoms with Crippen LogP contribution in [0.15, 0.2) is 89.4 Å². The van der Waals surface area contributed by atoms with Crippen LogP contribution >= 0.6 is 15.9 Å². The molecule has 1 saturated carbocycles. The van der Waals surface area contributed by atoms with E-state index in [1.807, 2.05) is 54.6 Å². The van der Waals surface area contributed by atoms with E-state index < -0.39 is 6.04 Å². The summed E-state index contributed by atoms with van der Waals surface area (Å²) in [6.07, 6.45) is 2.98. The number of nitrogens with one attached hydrogen (secondary N) is 1. The lowest BCUT2D eigenvalue weighted by Gasteiger charge is -2.44. The first-order chi connectivity index (χ1) is 16.4. The smallest absolute Gasteiger partial charge is 0.333 e. The van der Waals surface area contributed by atoms with Crippen LogP contribution in [0.2, 0.25) is 0 Å². The molecular formula is C30H34BrNO2. The number of ether oxygens (including phenoxy) is 1. The van der Waals surface area contributed by atoms with Crippen LogP contribution in [0.25, 0.3) is 0 Å². The van der Waals surface area contributed by atoms with E-state index in [1.54, 1.807) is 0 Å². The Labute approximate surface area is 212 Å². The van der Waals surface area contributed by atoms with E-state index in [9.17, 15) is 4.79 Å². The van der Waals surface area contributed by atoms with Crippen molar-refractivity contribution < 1.29 is 9.53 Å². The SMILES string of the molecule is C[C@@H]1CC[C@@H](C(C)(C)c2ccccc2)[C@H](OC(=O)[C@H](Nc2ccccc2Br)c2ccccc2)C1. The second kappa shape index (κ2) is 10.8. The van der Waals surface area contributed by atoms with Crippen molar-refractivity contribution in [2.45, 2.75) is 57.6 Å². The van der Waals surface area contributed by atoms with Crippen LogP contribution in [-0.4, -0.2) is 12.1 Å². The summed E-state index contributed by atoms with van der Waals surface area (Å²) in [6, 6.07) is 27.7. The third-order valence-electron chi connectivity index (χ3n) is 7.31. The van der Waals surface area contributed by atoms with Crippen LogP contribution in [0.1, 0.15) is 57.2 Å². The van der Waals surface area contributed by atoms with E-state index in [-0.39, 0.29) is 23.4 Å². The standard InChI is InChI=1S/C30H34BrNO2/c1-21-18-19-24(30(2,3)23-14-8-5-9-15-23)27(20-21)34-29(33)28(22-12-6-4-7-13-22)32-26-17-11-10-16-25(26)31/h4-17,21,24,27-28,32H,18-20H2,1-3H3/t21-,24-,27-,28-/m1/s1. The molecule has 0 aliphatic heterocycles. The summed E-state index contributed by atoms with van der Waals surface area (Å²) in [4.78, 5) is 13.7. The molecule has 4 rings (SSSR count). The molecule has 1 aliphatic carbocycles. The summed E-state index contributed by atoms with van der Waals surface area (Å²) in [7, 11) is 0. The molecule has 34 heavy (non-hydrogen) atoms. The highest BCUT2D eigenvalue weighted by Crippen LogP contribution is 2.44. The van der Waals surface area contributed by atoms with Crippen LogP contribution in [0.4, 0.5) is 5.69 Å². The van der Waals surface area contributed by atoms with Gasteiger partial charge in [0.1, 0.15) is 6.10 Å². The highest BCUT2D eigenvalue weighted by molar-refractivity contribution is 9.10. The molecule has 0 radical (unpaired) electrons. The fraction of sp³-hybridized carbons (Fsp3) is 0.367. The quantitative estimate of drug-likeness (QED) is 0.322.